The predicted octanol–water partition coefficient (Wildman–Crippen LogP) is 4.35. The fourth-order valence-electron chi connectivity index (χ4n) is 2.18. The first-order valence-electron chi connectivity index (χ1n) is 6.36. The quantitative estimate of drug-likeness (QED) is 0.763. The molecular weight excluding hydrogens is 307 g/mol. The van der Waals surface area contributed by atoms with Gasteiger partial charge in [0.1, 0.15) is 11.6 Å². The second-order valence-electron chi connectivity index (χ2n) is 4.56. The van der Waals surface area contributed by atoms with Crippen LogP contribution in [0.4, 0.5) is 5.82 Å². The third-order valence-electron chi connectivity index (χ3n) is 3.16. The highest BCUT2D eigenvalue weighted by Gasteiger charge is 2.15. The zero-order valence-corrected chi connectivity index (χ0v) is 13.0. The number of rotatable bonds is 2. The lowest BCUT2D eigenvalue weighted by Gasteiger charge is -2.12. The molecule has 0 atom stereocenters. The van der Waals surface area contributed by atoms with Crippen molar-refractivity contribution in [2.24, 2.45) is 0 Å². The summed E-state index contributed by atoms with van der Waals surface area (Å²) >= 11 is 12.6. The molecule has 3 rings (SSSR count). The van der Waals surface area contributed by atoms with Crippen molar-refractivity contribution in [2.75, 3.05) is 12.4 Å². The van der Waals surface area contributed by atoms with E-state index in [0.717, 1.165) is 16.5 Å². The number of hydrogen-bond acceptors (Lipinski definition) is 4. The molecule has 0 amide bonds. The van der Waals surface area contributed by atoms with Crippen molar-refractivity contribution in [3.05, 3.63) is 46.3 Å². The Hall–Kier alpha value is -1.91. The Balaban J connectivity index is 2.34. The molecule has 0 fully saturated rings. The molecule has 0 spiro atoms. The van der Waals surface area contributed by atoms with Gasteiger partial charge < -0.3 is 5.32 Å². The molecule has 4 nitrogen and oxygen atoms in total. The van der Waals surface area contributed by atoms with Gasteiger partial charge in [-0.05, 0) is 25.1 Å². The summed E-state index contributed by atoms with van der Waals surface area (Å²) in [5, 5.41) is 5.06. The Morgan fingerprint density at radius 2 is 1.81 bits per heavy atom. The van der Waals surface area contributed by atoms with Gasteiger partial charge in [0, 0.05) is 29.8 Å². The summed E-state index contributed by atoms with van der Waals surface area (Å²) in [5.74, 6) is 1.36. The van der Waals surface area contributed by atoms with Crippen LogP contribution in [0.2, 0.25) is 10.0 Å². The summed E-state index contributed by atoms with van der Waals surface area (Å²) in [6.45, 7) is 1.83. The molecule has 0 bridgehead atoms. The van der Waals surface area contributed by atoms with E-state index in [1.54, 1.807) is 25.4 Å². The van der Waals surface area contributed by atoms with Gasteiger partial charge in [0.2, 0.25) is 0 Å². The predicted molar refractivity (Wildman–Crippen MR) is 87.1 cm³/mol. The number of aryl methyl sites for hydroxylation is 1. The van der Waals surface area contributed by atoms with Crippen LogP contribution in [-0.2, 0) is 0 Å². The molecule has 106 valence electrons. The molecule has 0 unspecified atom stereocenters. The highest BCUT2D eigenvalue weighted by molar-refractivity contribution is 6.39. The highest BCUT2D eigenvalue weighted by atomic mass is 35.5. The molecule has 2 heterocycles. The molecule has 6 heteroatoms. The summed E-state index contributed by atoms with van der Waals surface area (Å²) in [4.78, 5) is 13.1. The largest absolute Gasteiger partial charge is 0.373 e. The van der Waals surface area contributed by atoms with E-state index in [9.17, 15) is 0 Å². The van der Waals surface area contributed by atoms with Gasteiger partial charge in [-0.3, -0.25) is 0 Å². The molecule has 2 aromatic heterocycles. The van der Waals surface area contributed by atoms with Crippen LogP contribution < -0.4 is 5.32 Å². The number of pyridine rings is 1. The van der Waals surface area contributed by atoms with E-state index in [2.05, 4.69) is 20.3 Å². The third kappa shape index (κ3) is 2.52. The van der Waals surface area contributed by atoms with Crippen LogP contribution in [-0.4, -0.2) is 22.0 Å². The van der Waals surface area contributed by atoms with Gasteiger partial charge in [-0.25, -0.2) is 15.0 Å². The summed E-state index contributed by atoms with van der Waals surface area (Å²) in [5.41, 5.74) is 2.21. The van der Waals surface area contributed by atoms with E-state index in [4.69, 9.17) is 23.2 Å². The summed E-state index contributed by atoms with van der Waals surface area (Å²) in [6.07, 6.45) is 1.75. The minimum Gasteiger partial charge on any atom is -0.373 e. The maximum atomic E-state index is 6.30. The van der Waals surface area contributed by atoms with Crippen LogP contribution in [0.5, 0.6) is 0 Å². The van der Waals surface area contributed by atoms with Crippen molar-refractivity contribution >= 4 is 40.1 Å². The Labute approximate surface area is 132 Å². The first-order chi connectivity index (χ1) is 10.1. The van der Waals surface area contributed by atoms with Crippen LogP contribution in [0.3, 0.4) is 0 Å². The number of benzene rings is 1. The van der Waals surface area contributed by atoms with Gasteiger partial charge in [-0.2, -0.15) is 0 Å². The van der Waals surface area contributed by atoms with E-state index in [1.165, 1.54) is 0 Å². The van der Waals surface area contributed by atoms with Crippen molar-refractivity contribution in [1.29, 1.82) is 0 Å². The van der Waals surface area contributed by atoms with Crippen molar-refractivity contribution in [2.45, 2.75) is 6.92 Å². The molecule has 1 aromatic carbocycles. The molecule has 21 heavy (non-hydrogen) atoms. The fourth-order valence-corrected chi connectivity index (χ4v) is 2.79. The number of anilines is 1. The minimum atomic E-state index is 0.577. The topological polar surface area (TPSA) is 50.7 Å². The highest BCUT2D eigenvalue weighted by Crippen LogP contribution is 2.38. The van der Waals surface area contributed by atoms with Gasteiger partial charge in [-0.15, -0.1) is 0 Å². The minimum absolute atomic E-state index is 0.577. The first-order valence-corrected chi connectivity index (χ1v) is 7.12. The van der Waals surface area contributed by atoms with Crippen LogP contribution >= 0.6 is 23.2 Å². The van der Waals surface area contributed by atoms with Crippen molar-refractivity contribution < 1.29 is 0 Å². The maximum absolute atomic E-state index is 6.30. The SMILES string of the molecule is CNc1nc2nc(C)ncc2cc1-c1c(Cl)cccc1Cl. The Morgan fingerprint density at radius 1 is 1.10 bits per heavy atom. The van der Waals surface area contributed by atoms with Crippen molar-refractivity contribution in [3.63, 3.8) is 0 Å². The molecule has 0 aliphatic carbocycles. The van der Waals surface area contributed by atoms with E-state index < -0.39 is 0 Å². The normalized spacial score (nSPS) is 10.9. The average Bonchev–Trinajstić information content (AvgIpc) is 2.46. The standard InChI is InChI=1S/C15H12Cl2N4/c1-8-19-7-9-6-10(15(18-2)21-14(9)20-8)13-11(16)4-3-5-12(13)17/h3-7H,1-2H3,(H,18,19,20,21). The van der Waals surface area contributed by atoms with E-state index in [1.807, 2.05) is 19.1 Å². The number of nitrogens with one attached hydrogen (secondary N) is 1. The lowest BCUT2D eigenvalue weighted by molar-refractivity contribution is 1.07. The maximum Gasteiger partial charge on any atom is 0.165 e. The molecule has 3 aromatic rings. The Morgan fingerprint density at radius 3 is 2.48 bits per heavy atom. The number of aromatic nitrogens is 3. The fraction of sp³-hybridized carbons (Fsp3) is 0.133. The van der Waals surface area contributed by atoms with Gasteiger partial charge >= 0.3 is 0 Å². The van der Waals surface area contributed by atoms with Gasteiger partial charge in [-0.1, -0.05) is 29.3 Å². The molecule has 0 saturated carbocycles. The molecule has 0 saturated heterocycles. The number of nitrogens with zero attached hydrogens (tertiary/aromatic N) is 3. The van der Waals surface area contributed by atoms with Crippen molar-refractivity contribution in [3.8, 4) is 11.1 Å². The lowest BCUT2D eigenvalue weighted by atomic mass is 10.1. The zero-order chi connectivity index (χ0) is 15.0. The first kappa shape index (κ1) is 14.0. The number of halogens is 2. The molecule has 1 N–H and O–H groups in total. The second kappa shape index (κ2) is 5.47. The summed E-state index contributed by atoms with van der Waals surface area (Å²) in [6, 6.07) is 7.37. The van der Waals surface area contributed by atoms with Gasteiger partial charge in [0.15, 0.2) is 5.65 Å². The molecule has 0 radical (unpaired) electrons. The van der Waals surface area contributed by atoms with E-state index >= 15 is 0 Å². The summed E-state index contributed by atoms with van der Waals surface area (Å²) < 4.78 is 0. The molecule has 0 aliphatic rings. The number of fused-ring (bicyclic) bond motifs is 1. The van der Waals surface area contributed by atoms with Crippen LogP contribution in [0.1, 0.15) is 5.82 Å². The van der Waals surface area contributed by atoms with Crippen LogP contribution in [0.15, 0.2) is 30.5 Å². The Kier molecular flexibility index (Phi) is 3.66. The molecular formula is C15H12Cl2N4. The summed E-state index contributed by atoms with van der Waals surface area (Å²) in [7, 11) is 1.80. The zero-order valence-electron chi connectivity index (χ0n) is 11.5. The third-order valence-corrected chi connectivity index (χ3v) is 3.79. The van der Waals surface area contributed by atoms with Gasteiger partial charge in [0.25, 0.3) is 0 Å². The monoisotopic (exact) mass is 318 g/mol. The average molecular weight is 319 g/mol. The smallest absolute Gasteiger partial charge is 0.165 e. The molecule has 0 aliphatic heterocycles. The Bertz CT molecular complexity index is 813. The lowest BCUT2D eigenvalue weighted by Crippen LogP contribution is -1.99. The van der Waals surface area contributed by atoms with Gasteiger partial charge in [0.05, 0.1) is 10.0 Å². The second-order valence-corrected chi connectivity index (χ2v) is 5.38. The number of hydrogen-bond donors (Lipinski definition) is 1. The van der Waals surface area contributed by atoms with Crippen molar-refractivity contribution in [1.82, 2.24) is 15.0 Å². The van der Waals surface area contributed by atoms with Crippen LogP contribution in [0.25, 0.3) is 22.2 Å². The van der Waals surface area contributed by atoms with E-state index in [0.29, 0.717) is 27.3 Å². The van der Waals surface area contributed by atoms with E-state index in [-0.39, 0.29) is 0 Å². The van der Waals surface area contributed by atoms with Crippen LogP contribution in [0, 0.1) is 6.92 Å².